The molecule has 0 aliphatic heterocycles. The number of aliphatic carboxylic acids is 1. The highest BCUT2D eigenvalue weighted by Gasteiger charge is 1.85. The van der Waals surface area contributed by atoms with Gasteiger partial charge in [-0.05, 0) is 13.0 Å². The van der Waals surface area contributed by atoms with E-state index in [-0.39, 0.29) is 6.67 Å². The highest BCUT2D eigenvalue weighted by Crippen LogP contribution is 1.77. The highest BCUT2D eigenvalue weighted by molar-refractivity contribution is 5.79. The van der Waals surface area contributed by atoms with Crippen molar-refractivity contribution in [2.45, 2.75) is 6.42 Å². The largest absolute Gasteiger partial charge is 0.478 e. The van der Waals surface area contributed by atoms with E-state index in [1.54, 1.807) is 0 Å². The molecule has 64 valence electrons. The van der Waals surface area contributed by atoms with Gasteiger partial charge in [0.1, 0.15) is 0 Å². The normalized spacial score (nSPS) is 10.6. The van der Waals surface area contributed by atoms with Crippen molar-refractivity contribution in [1.29, 1.82) is 0 Å². The zero-order valence-electron chi connectivity index (χ0n) is 6.22. The summed E-state index contributed by atoms with van der Waals surface area (Å²) in [5.41, 5.74) is 0. The number of alkyl halides is 1. The van der Waals surface area contributed by atoms with Gasteiger partial charge in [0.25, 0.3) is 0 Å². The SMILES string of the molecule is O=C(O)C=CCNCCCF. The van der Waals surface area contributed by atoms with E-state index in [0.29, 0.717) is 19.5 Å². The predicted molar refractivity (Wildman–Crippen MR) is 40.2 cm³/mol. The van der Waals surface area contributed by atoms with Crippen molar-refractivity contribution in [1.82, 2.24) is 5.32 Å². The van der Waals surface area contributed by atoms with Crippen LogP contribution >= 0.6 is 0 Å². The Morgan fingerprint density at radius 3 is 2.91 bits per heavy atom. The lowest BCUT2D eigenvalue weighted by Gasteiger charge is -1.95. The first-order valence-electron chi connectivity index (χ1n) is 3.43. The van der Waals surface area contributed by atoms with Crippen LogP contribution in [0, 0.1) is 0 Å². The van der Waals surface area contributed by atoms with Crippen molar-refractivity contribution in [2.24, 2.45) is 0 Å². The first kappa shape index (κ1) is 10.1. The summed E-state index contributed by atoms with van der Waals surface area (Å²) in [6.07, 6.45) is 3.02. The van der Waals surface area contributed by atoms with E-state index in [1.165, 1.54) is 6.08 Å². The number of hydrogen-bond donors (Lipinski definition) is 2. The fourth-order valence-corrected chi connectivity index (χ4v) is 0.537. The van der Waals surface area contributed by atoms with E-state index in [4.69, 9.17) is 5.11 Å². The van der Waals surface area contributed by atoms with Gasteiger partial charge >= 0.3 is 5.97 Å². The zero-order chi connectivity index (χ0) is 8.53. The third-order valence-electron chi connectivity index (χ3n) is 1.01. The van der Waals surface area contributed by atoms with E-state index >= 15 is 0 Å². The second kappa shape index (κ2) is 7.21. The molecule has 0 saturated carbocycles. The Hall–Kier alpha value is -0.900. The molecule has 0 aromatic rings. The molecular weight excluding hydrogens is 149 g/mol. The Balaban J connectivity index is 3.07. The smallest absolute Gasteiger partial charge is 0.328 e. The molecule has 11 heavy (non-hydrogen) atoms. The lowest BCUT2D eigenvalue weighted by molar-refractivity contribution is -0.131. The van der Waals surface area contributed by atoms with Gasteiger partial charge in [-0.1, -0.05) is 6.08 Å². The minimum atomic E-state index is -0.961. The monoisotopic (exact) mass is 161 g/mol. The average molecular weight is 161 g/mol. The molecule has 4 heteroatoms. The molecule has 0 heterocycles. The van der Waals surface area contributed by atoms with Crippen molar-refractivity contribution in [2.75, 3.05) is 19.8 Å². The fourth-order valence-electron chi connectivity index (χ4n) is 0.537. The highest BCUT2D eigenvalue weighted by atomic mass is 19.1. The molecule has 0 unspecified atom stereocenters. The predicted octanol–water partition coefficient (Wildman–Crippen LogP) is 0.576. The molecule has 0 radical (unpaired) electrons. The molecule has 0 spiro atoms. The second-order valence-corrected chi connectivity index (χ2v) is 1.99. The third-order valence-corrected chi connectivity index (χ3v) is 1.01. The molecule has 0 saturated heterocycles. The number of nitrogens with one attached hydrogen (secondary N) is 1. The number of halogens is 1. The molecule has 0 bridgehead atoms. The second-order valence-electron chi connectivity index (χ2n) is 1.99. The van der Waals surface area contributed by atoms with Crippen LogP contribution in [0.25, 0.3) is 0 Å². The maximum atomic E-state index is 11.5. The first-order chi connectivity index (χ1) is 5.27. The third kappa shape index (κ3) is 9.10. The molecular formula is C7H12FNO2. The zero-order valence-corrected chi connectivity index (χ0v) is 6.22. The van der Waals surface area contributed by atoms with Crippen molar-refractivity contribution in [3.8, 4) is 0 Å². The summed E-state index contributed by atoms with van der Waals surface area (Å²) in [6, 6.07) is 0. The van der Waals surface area contributed by atoms with Crippen LogP contribution in [0.5, 0.6) is 0 Å². The van der Waals surface area contributed by atoms with Crippen LogP contribution in [0.1, 0.15) is 6.42 Å². The van der Waals surface area contributed by atoms with E-state index in [0.717, 1.165) is 6.08 Å². The van der Waals surface area contributed by atoms with Gasteiger partial charge in [-0.3, -0.25) is 4.39 Å². The van der Waals surface area contributed by atoms with Crippen LogP contribution in [0.2, 0.25) is 0 Å². The van der Waals surface area contributed by atoms with Crippen molar-refractivity contribution >= 4 is 5.97 Å². The molecule has 0 fully saturated rings. The molecule has 2 N–H and O–H groups in total. The molecule has 0 rings (SSSR count). The van der Waals surface area contributed by atoms with Crippen molar-refractivity contribution in [3.63, 3.8) is 0 Å². The van der Waals surface area contributed by atoms with Gasteiger partial charge in [-0.25, -0.2) is 4.79 Å². The first-order valence-corrected chi connectivity index (χ1v) is 3.43. The van der Waals surface area contributed by atoms with Crippen LogP contribution in [-0.4, -0.2) is 30.8 Å². The molecule has 0 aromatic heterocycles. The minimum absolute atomic E-state index is 0.338. The number of hydrogen-bond acceptors (Lipinski definition) is 2. The van der Waals surface area contributed by atoms with Gasteiger partial charge < -0.3 is 10.4 Å². The summed E-state index contributed by atoms with van der Waals surface area (Å²) in [7, 11) is 0. The Morgan fingerprint density at radius 2 is 2.36 bits per heavy atom. The van der Waals surface area contributed by atoms with Gasteiger partial charge in [0, 0.05) is 12.6 Å². The van der Waals surface area contributed by atoms with Gasteiger partial charge in [0.05, 0.1) is 6.67 Å². The minimum Gasteiger partial charge on any atom is -0.478 e. The molecule has 3 nitrogen and oxygen atoms in total. The Labute approximate surface area is 64.9 Å². The lowest BCUT2D eigenvalue weighted by Crippen LogP contribution is -2.15. The fraction of sp³-hybridized carbons (Fsp3) is 0.571. The molecule has 0 atom stereocenters. The standard InChI is InChI=1S/C7H12FNO2/c8-4-2-6-9-5-1-3-7(10)11/h1,3,9H,2,4-6H2,(H,10,11). The van der Waals surface area contributed by atoms with Gasteiger partial charge in [-0.2, -0.15) is 0 Å². The lowest BCUT2D eigenvalue weighted by atomic mass is 10.4. The summed E-state index contributed by atoms with van der Waals surface area (Å²) in [5, 5.41) is 11.0. The Bertz CT molecular complexity index is 136. The van der Waals surface area contributed by atoms with E-state index in [1.807, 2.05) is 0 Å². The molecule has 0 aliphatic rings. The Morgan fingerprint density at radius 1 is 1.64 bits per heavy atom. The van der Waals surface area contributed by atoms with Crippen molar-refractivity contribution in [3.05, 3.63) is 12.2 Å². The maximum Gasteiger partial charge on any atom is 0.328 e. The molecule has 0 aliphatic carbocycles. The van der Waals surface area contributed by atoms with Crippen LogP contribution in [0.3, 0.4) is 0 Å². The summed E-state index contributed by atoms with van der Waals surface area (Å²) >= 11 is 0. The summed E-state index contributed by atoms with van der Waals surface area (Å²) in [5.74, 6) is -0.961. The molecule has 0 amide bonds. The van der Waals surface area contributed by atoms with Gasteiger partial charge in [0.2, 0.25) is 0 Å². The number of carboxylic acids is 1. The number of carbonyl (C=O) groups is 1. The summed E-state index contributed by atoms with van der Waals surface area (Å²) in [4.78, 5) is 9.91. The van der Waals surface area contributed by atoms with Crippen LogP contribution < -0.4 is 5.32 Å². The number of rotatable bonds is 6. The summed E-state index contributed by atoms with van der Waals surface area (Å²) < 4.78 is 11.5. The maximum absolute atomic E-state index is 11.5. The Kier molecular flexibility index (Phi) is 6.62. The van der Waals surface area contributed by atoms with E-state index < -0.39 is 5.97 Å². The van der Waals surface area contributed by atoms with Gasteiger partial charge in [0.15, 0.2) is 0 Å². The van der Waals surface area contributed by atoms with Gasteiger partial charge in [-0.15, -0.1) is 0 Å². The molecule has 0 aromatic carbocycles. The summed E-state index contributed by atoms with van der Waals surface area (Å²) in [6.45, 7) is 0.725. The average Bonchev–Trinajstić information content (AvgIpc) is 1.96. The van der Waals surface area contributed by atoms with E-state index in [9.17, 15) is 9.18 Å². The van der Waals surface area contributed by atoms with Crippen molar-refractivity contribution < 1.29 is 14.3 Å². The van der Waals surface area contributed by atoms with Crippen LogP contribution in [0.4, 0.5) is 4.39 Å². The topological polar surface area (TPSA) is 49.3 Å². The van der Waals surface area contributed by atoms with Crippen LogP contribution in [0.15, 0.2) is 12.2 Å². The van der Waals surface area contributed by atoms with Crippen LogP contribution in [-0.2, 0) is 4.79 Å². The quantitative estimate of drug-likeness (QED) is 0.442. The van der Waals surface area contributed by atoms with E-state index in [2.05, 4.69) is 5.32 Å². The number of carboxylic acid groups (broad SMARTS) is 1.